The van der Waals surface area contributed by atoms with Crippen molar-refractivity contribution in [3.8, 4) is 11.1 Å². The smallest absolute Gasteiger partial charge is 0.171 e. The molecule has 3 nitrogen and oxygen atoms in total. The molecule has 2 heterocycles. The Balaban J connectivity index is 1.28. The Bertz CT molecular complexity index is 2920. The molecule has 0 atom stereocenters. The van der Waals surface area contributed by atoms with Gasteiger partial charge in [0.15, 0.2) is 7.14 Å². The number of nitrogens with zero attached hydrogens (tertiary/aromatic N) is 2. The molecular weight excluding hydrogens is 615 g/mol. The molecule has 0 amide bonds. The zero-order valence-electron chi connectivity index (χ0n) is 26.5. The SMILES string of the molecule is O=P(c1ccccc1)(c1ccccc1)c1ccc(-c2ccc3c4c5ccccc5ccc4c4nc5ccccc5n4c3c2)c2ccccc12. The van der Waals surface area contributed by atoms with Gasteiger partial charge in [0.05, 0.1) is 16.6 Å². The van der Waals surface area contributed by atoms with E-state index in [0.717, 1.165) is 65.4 Å². The van der Waals surface area contributed by atoms with E-state index in [2.05, 4.69) is 120 Å². The van der Waals surface area contributed by atoms with Crippen molar-refractivity contribution in [2.24, 2.45) is 0 Å². The predicted octanol–water partition coefficient (Wildman–Crippen LogP) is 10.4. The number of benzene rings is 8. The van der Waals surface area contributed by atoms with Crippen LogP contribution in [0.25, 0.3) is 71.0 Å². The molecule has 0 radical (unpaired) electrons. The average molecular weight is 645 g/mol. The van der Waals surface area contributed by atoms with Crippen molar-refractivity contribution in [1.82, 2.24) is 9.38 Å². The predicted molar refractivity (Wildman–Crippen MR) is 208 cm³/mol. The molecule has 10 aromatic rings. The maximum Gasteiger partial charge on any atom is 0.171 e. The molecule has 0 aliphatic rings. The summed E-state index contributed by atoms with van der Waals surface area (Å²) in [6.45, 7) is 0. The highest BCUT2D eigenvalue weighted by atomic mass is 31.2. The molecule has 230 valence electrons. The van der Waals surface area contributed by atoms with E-state index in [4.69, 9.17) is 4.98 Å². The van der Waals surface area contributed by atoms with Crippen molar-refractivity contribution >= 4 is 83.0 Å². The lowest BCUT2D eigenvalue weighted by molar-refractivity contribution is 0.592. The van der Waals surface area contributed by atoms with E-state index < -0.39 is 7.14 Å². The maximum atomic E-state index is 15.5. The molecule has 0 saturated heterocycles. The molecule has 0 aliphatic carbocycles. The van der Waals surface area contributed by atoms with Gasteiger partial charge in [0.1, 0.15) is 5.65 Å². The number of aromatic nitrogens is 2. The lowest BCUT2D eigenvalue weighted by Gasteiger charge is -2.23. The van der Waals surface area contributed by atoms with Crippen LogP contribution in [0.5, 0.6) is 0 Å². The van der Waals surface area contributed by atoms with Crippen LogP contribution < -0.4 is 15.9 Å². The lowest BCUT2D eigenvalue weighted by Crippen LogP contribution is -2.25. The van der Waals surface area contributed by atoms with Crippen molar-refractivity contribution in [3.63, 3.8) is 0 Å². The highest BCUT2D eigenvalue weighted by Gasteiger charge is 2.31. The van der Waals surface area contributed by atoms with Crippen LogP contribution in [-0.4, -0.2) is 9.38 Å². The summed E-state index contributed by atoms with van der Waals surface area (Å²) < 4.78 is 17.8. The molecule has 10 rings (SSSR count). The van der Waals surface area contributed by atoms with Gasteiger partial charge in [-0.3, -0.25) is 4.40 Å². The molecule has 49 heavy (non-hydrogen) atoms. The molecule has 0 fully saturated rings. The normalized spacial score (nSPS) is 12.2. The van der Waals surface area contributed by atoms with Gasteiger partial charge in [-0.25, -0.2) is 4.98 Å². The van der Waals surface area contributed by atoms with Gasteiger partial charge in [0.25, 0.3) is 0 Å². The summed E-state index contributed by atoms with van der Waals surface area (Å²) in [5.41, 5.74) is 6.33. The van der Waals surface area contributed by atoms with Crippen LogP contribution in [-0.2, 0) is 4.57 Å². The first kappa shape index (κ1) is 28.0. The number of hydrogen-bond acceptors (Lipinski definition) is 2. The number of para-hydroxylation sites is 2. The average Bonchev–Trinajstić information content (AvgIpc) is 3.58. The summed E-state index contributed by atoms with van der Waals surface area (Å²) in [5.74, 6) is 0. The van der Waals surface area contributed by atoms with E-state index in [9.17, 15) is 0 Å². The van der Waals surface area contributed by atoms with Crippen molar-refractivity contribution < 1.29 is 4.57 Å². The third kappa shape index (κ3) is 4.10. The largest absolute Gasteiger partial charge is 0.309 e. The summed E-state index contributed by atoms with van der Waals surface area (Å²) in [4.78, 5) is 5.18. The summed E-state index contributed by atoms with van der Waals surface area (Å²) in [6, 6.07) is 60.7. The van der Waals surface area contributed by atoms with E-state index in [1.807, 2.05) is 60.7 Å². The fourth-order valence-electron chi connectivity index (χ4n) is 7.81. The van der Waals surface area contributed by atoms with Crippen molar-refractivity contribution in [2.45, 2.75) is 0 Å². The summed E-state index contributed by atoms with van der Waals surface area (Å²) in [7, 11) is -3.19. The highest BCUT2D eigenvalue weighted by Crippen LogP contribution is 2.46. The number of pyridine rings is 1. The molecular formula is C45H29N2OP. The van der Waals surface area contributed by atoms with Gasteiger partial charge in [-0.2, -0.15) is 0 Å². The fourth-order valence-corrected chi connectivity index (χ4v) is 10.7. The lowest BCUT2D eigenvalue weighted by atomic mass is 9.94. The van der Waals surface area contributed by atoms with Gasteiger partial charge >= 0.3 is 0 Å². The molecule has 4 heteroatoms. The van der Waals surface area contributed by atoms with Gasteiger partial charge in [0.2, 0.25) is 0 Å². The third-order valence-electron chi connectivity index (χ3n) is 10.0. The minimum atomic E-state index is -3.19. The first-order chi connectivity index (χ1) is 24.2. The number of rotatable bonds is 4. The van der Waals surface area contributed by atoms with Crippen LogP contribution in [0, 0.1) is 0 Å². The summed E-state index contributed by atoms with van der Waals surface area (Å²) in [6.07, 6.45) is 0. The molecule has 0 N–H and O–H groups in total. The quantitative estimate of drug-likeness (QED) is 0.141. The Morgan fingerprint density at radius 2 is 1.10 bits per heavy atom. The Morgan fingerprint density at radius 3 is 1.88 bits per heavy atom. The van der Waals surface area contributed by atoms with Crippen molar-refractivity contribution in [3.05, 3.63) is 176 Å². The van der Waals surface area contributed by atoms with Gasteiger partial charge in [-0.05, 0) is 63.0 Å². The van der Waals surface area contributed by atoms with Gasteiger partial charge in [-0.1, -0.05) is 146 Å². The molecule has 0 spiro atoms. The number of imidazole rings is 1. The molecule has 2 aromatic heterocycles. The second-order valence-corrected chi connectivity index (χ2v) is 15.4. The van der Waals surface area contributed by atoms with E-state index in [1.54, 1.807) is 0 Å². The zero-order chi connectivity index (χ0) is 32.5. The monoisotopic (exact) mass is 644 g/mol. The molecule has 0 unspecified atom stereocenters. The second kappa shape index (κ2) is 10.8. The number of hydrogen-bond donors (Lipinski definition) is 0. The van der Waals surface area contributed by atoms with Crippen LogP contribution in [0.3, 0.4) is 0 Å². The van der Waals surface area contributed by atoms with E-state index >= 15 is 4.57 Å². The molecule has 8 aromatic carbocycles. The van der Waals surface area contributed by atoms with Gasteiger partial charge < -0.3 is 4.57 Å². The standard InChI is InChI=1S/C45H29N2OP/c48-49(32-14-3-1-4-15-32,33-16-5-2-6-17-33)43-28-27-34(36-19-9-10-20-37(36)43)31-24-25-38-42(29-31)47-41-22-12-11-21-40(41)46-45(47)39-26-23-30-13-7-8-18-35(30)44(38)39/h1-29H. The third-order valence-corrected chi connectivity index (χ3v) is 13.1. The Kier molecular flexibility index (Phi) is 6.15. The molecule has 0 saturated carbocycles. The minimum absolute atomic E-state index is 0.832. The first-order valence-corrected chi connectivity index (χ1v) is 18.3. The van der Waals surface area contributed by atoms with E-state index in [1.165, 1.54) is 21.5 Å². The number of fused-ring (bicyclic) bond motifs is 11. The highest BCUT2D eigenvalue weighted by molar-refractivity contribution is 7.85. The summed E-state index contributed by atoms with van der Waals surface area (Å²) >= 11 is 0. The van der Waals surface area contributed by atoms with Crippen molar-refractivity contribution in [2.75, 3.05) is 0 Å². The van der Waals surface area contributed by atoms with Crippen LogP contribution in [0.15, 0.2) is 176 Å². The zero-order valence-corrected chi connectivity index (χ0v) is 27.4. The fraction of sp³-hybridized carbons (Fsp3) is 0. The minimum Gasteiger partial charge on any atom is -0.309 e. The van der Waals surface area contributed by atoms with Gasteiger partial charge in [-0.15, -0.1) is 0 Å². The van der Waals surface area contributed by atoms with E-state index in [0.29, 0.717) is 0 Å². The van der Waals surface area contributed by atoms with Crippen LogP contribution in [0.2, 0.25) is 0 Å². The maximum absolute atomic E-state index is 15.5. The second-order valence-electron chi connectivity index (χ2n) is 12.7. The van der Waals surface area contributed by atoms with Crippen LogP contribution in [0.1, 0.15) is 0 Å². The summed E-state index contributed by atoms with van der Waals surface area (Å²) in [5, 5.41) is 10.6. The topological polar surface area (TPSA) is 34.4 Å². The van der Waals surface area contributed by atoms with Crippen LogP contribution in [0.4, 0.5) is 0 Å². The van der Waals surface area contributed by atoms with Crippen LogP contribution >= 0.6 is 7.14 Å². The van der Waals surface area contributed by atoms with Gasteiger partial charge in [0, 0.05) is 32.1 Å². The Hall–Kier alpha value is -6.02. The Morgan fingerprint density at radius 1 is 0.469 bits per heavy atom. The van der Waals surface area contributed by atoms with Crippen molar-refractivity contribution in [1.29, 1.82) is 0 Å². The molecule has 0 bridgehead atoms. The first-order valence-electron chi connectivity index (χ1n) is 16.6. The molecule has 0 aliphatic heterocycles. The Labute approximate surface area is 283 Å². The van der Waals surface area contributed by atoms with E-state index in [-0.39, 0.29) is 0 Å².